The molecule has 3 nitrogen and oxygen atoms in total. The van der Waals surface area contributed by atoms with Gasteiger partial charge in [-0.1, -0.05) is 12.1 Å². The lowest BCUT2D eigenvalue weighted by atomic mass is 9.96. The van der Waals surface area contributed by atoms with E-state index < -0.39 is 0 Å². The molecule has 2 rings (SSSR count). The topological polar surface area (TPSA) is 38.5 Å². The van der Waals surface area contributed by atoms with Crippen molar-refractivity contribution in [1.29, 1.82) is 0 Å². The maximum Gasteiger partial charge on any atom is 0.119 e. The molecule has 0 unspecified atom stereocenters. The predicted molar refractivity (Wildman–Crippen MR) is 79.6 cm³/mol. The smallest absolute Gasteiger partial charge is 0.119 e. The summed E-state index contributed by atoms with van der Waals surface area (Å²) in [6, 6.07) is 8.39. The molecule has 3 heteroatoms. The van der Waals surface area contributed by atoms with Crippen molar-refractivity contribution in [2.24, 2.45) is 5.73 Å². The molecule has 1 aliphatic heterocycles. The first kappa shape index (κ1) is 14.4. The van der Waals surface area contributed by atoms with Crippen LogP contribution in [0.1, 0.15) is 32.3 Å². The van der Waals surface area contributed by atoms with Crippen LogP contribution in [0.4, 0.5) is 0 Å². The van der Waals surface area contributed by atoms with E-state index in [4.69, 9.17) is 10.5 Å². The molecule has 1 aromatic carbocycles. The second-order valence-corrected chi connectivity index (χ2v) is 6.43. The summed E-state index contributed by atoms with van der Waals surface area (Å²) in [6.07, 6.45) is 3.50. The van der Waals surface area contributed by atoms with E-state index >= 15 is 0 Å². The Labute approximate surface area is 116 Å². The minimum absolute atomic E-state index is 0.156. The molecule has 19 heavy (non-hydrogen) atoms. The average Bonchev–Trinajstić information content (AvgIpc) is 2.33. The van der Waals surface area contributed by atoms with E-state index in [0.717, 1.165) is 38.1 Å². The maximum absolute atomic E-state index is 6.03. The van der Waals surface area contributed by atoms with Crippen molar-refractivity contribution < 1.29 is 4.74 Å². The Morgan fingerprint density at radius 1 is 1.21 bits per heavy atom. The van der Waals surface area contributed by atoms with Gasteiger partial charge < -0.3 is 15.4 Å². The molecule has 0 atom stereocenters. The van der Waals surface area contributed by atoms with Gasteiger partial charge in [-0.2, -0.15) is 0 Å². The SMILES string of the molecule is CN1CCC(Oc2ccc(CC(C)(C)N)cc2)CC1. The normalized spacial score (nSPS) is 18.5. The molecule has 1 heterocycles. The Hall–Kier alpha value is -1.06. The Morgan fingerprint density at radius 2 is 1.79 bits per heavy atom. The first-order valence-electron chi connectivity index (χ1n) is 7.15. The minimum Gasteiger partial charge on any atom is -0.490 e. The number of nitrogens with two attached hydrogens (primary N) is 1. The molecule has 1 fully saturated rings. The van der Waals surface area contributed by atoms with Gasteiger partial charge in [0.1, 0.15) is 11.9 Å². The minimum atomic E-state index is -0.156. The summed E-state index contributed by atoms with van der Waals surface area (Å²) in [7, 11) is 2.17. The quantitative estimate of drug-likeness (QED) is 0.906. The molecule has 0 saturated carbocycles. The molecule has 2 N–H and O–H groups in total. The van der Waals surface area contributed by atoms with Crippen LogP contribution in [-0.2, 0) is 6.42 Å². The molecule has 106 valence electrons. The molecule has 1 aromatic rings. The van der Waals surface area contributed by atoms with E-state index in [1.54, 1.807) is 0 Å². The van der Waals surface area contributed by atoms with Crippen molar-refractivity contribution in [2.75, 3.05) is 20.1 Å². The van der Waals surface area contributed by atoms with Crippen LogP contribution in [0.5, 0.6) is 5.75 Å². The summed E-state index contributed by atoms with van der Waals surface area (Å²) in [5.41, 5.74) is 7.14. The van der Waals surface area contributed by atoms with Crippen LogP contribution in [0.25, 0.3) is 0 Å². The number of benzene rings is 1. The monoisotopic (exact) mass is 262 g/mol. The van der Waals surface area contributed by atoms with E-state index in [2.05, 4.69) is 50.1 Å². The number of ether oxygens (including phenoxy) is 1. The molecule has 0 aliphatic carbocycles. The highest BCUT2D eigenvalue weighted by Gasteiger charge is 2.18. The zero-order valence-corrected chi connectivity index (χ0v) is 12.4. The van der Waals surface area contributed by atoms with Crippen LogP contribution in [-0.4, -0.2) is 36.7 Å². The van der Waals surface area contributed by atoms with Gasteiger partial charge in [-0.25, -0.2) is 0 Å². The van der Waals surface area contributed by atoms with Crippen LogP contribution in [0.15, 0.2) is 24.3 Å². The Kier molecular flexibility index (Phi) is 4.48. The molecule has 0 radical (unpaired) electrons. The molecule has 0 bridgehead atoms. The number of nitrogens with zero attached hydrogens (tertiary/aromatic N) is 1. The second-order valence-electron chi connectivity index (χ2n) is 6.43. The molecule has 0 aromatic heterocycles. The zero-order chi connectivity index (χ0) is 13.9. The van der Waals surface area contributed by atoms with Crippen LogP contribution in [0, 0.1) is 0 Å². The van der Waals surface area contributed by atoms with Crippen LogP contribution < -0.4 is 10.5 Å². The maximum atomic E-state index is 6.03. The van der Waals surface area contributed by atoms with Crippen molar-refractivity contribution in [2.45, 2.75) is 44.8 Å². The zero-order valence-electron chi connectivity index (χ0n) is 12.4. The third-order valence-electron chi connectivity index (χ3n) is 3.55. The highest BCUT2D eigenvalue weighted by Crippen LogP contribution is 2.20. The van der Waals surface area contributed by atoms with Gasteiger partial charge in [-0.3, -0.25) is 0 Å². The third kappa shape index (κ3) is 4.84. The number of piperidine rings is 1. The fourth-order valence-corrected chi connectivity index (χ4v) is 2.51. The van der Waals surface area contributed by atoms with Gasteiger partial charge in [0, 0.05) is 18.6 Å². The van der Waals surface area contributed by atoms with Gasteiger partial charge in [0.15, 0.2) is 0 Å². The van der Waals surface area contributed by atoms with Crippen molar-refractivity contribution in [3.05, 3.63) is 29.8 Å². The number of likely N-dealkylation sites (tertiary alicyclic amines) is 1. The van der Waals surface area contributed by atoms with Crippen molar-refractivity contribution in [1.82, 2.24) is 4.90 Å². The van der Waals surface area contributed by atoms with E-state index in [1.165, 1.54) is 5.56 Å². The summed E-state index contributed by atoms with van der Waals surface area (Å²) in [5, 5.41) is 0. The van der Waals surface area contributed by atoms with Gasteiger partial charge in [0.25, 0.3) is 0 Å². The predicted octanol–water partition coefficient (Wildman–Crippen LogP) is 2.44. The van der Waals surface area contributed by atoms with Crippen molar-refractivity contribution in [3.8, 4) is 5.75 Å². The number of rotatable bonds is 4. The van der Waals surface area contributed by atoms with Crippen LogP contribution in [0.2, 0.25) is 0 Å². The molecule has 1 saturated heterocycles. The van der Waals surface area contributed by atoms with Crippen LogP contribution >= 0.6 is 0 Å². The molecule has 0 spiro atoms. The first-order chi connectivity index (χ1) is 8.92. The highest BCUT2D eigenvalue weighted by atomic mass is 16.5. The summed E-state index contributed by atoms with van der Waals surface area (Å²) < 4.78 is 6.03. The van der Waals surface area contributed by atoms with Crippen molar-refractivity contribution >= 4 is 0 Å². The van der Waals surface area contributed by atoms with E-state index in [-0.39, 0.29) is 5.54 Å². The second kappa shape index (κ2) is 5.93. The summed E-state index contributed by atoms with van der Waals surface area (Å²) in [4.78, 5) is 2.35. The molecule has 1 aliphatic rings. The largest absolute Gasteiger partial charge is 0.490 e. The summed E-state index contributed by atoms with van der Waals surface area (Å²) >= 11 is 0. The van der Waals surface area contributed by atoms with E-state index in [1.807, 2.05) is 0 Å². The summed E-state index contributed by atoms with van der Waals surface area (Å²) in [5.74, 6) is 0.980. The van der Waals surface area contributed by atoms with Crippen molar-refractivity contribution in [3.63, 3.8) is 0 Å². The lowest BCUT2D eigenvalue weighted by Gasteiger charge is -2.29. The standard InChI is InChI=1S/C16H26N2O/c1-16(2,17)12-13-4-6-14(7-5-13)19-15-8-10-18(3)11-9-15/h4-7,15H,8-12,17H2,1-3H3. The van der Waals surface area contributed by atoms with Gasteiger partial charge >= 0.3 is 0 Å². The Bertz CT molecular complexity index is 386. The highest BCUT2D eigenvalue weighted by molar-refractivity contribution is 5.28. The lowest BCUT2D eigenvalue weighted by molar-refractivity contribution is 0.114. The van der Waals surface area contributed by atoms with Gasteiger partial charge in [-0.15, -0.1) is 0 Å². The van der Waals surface area contributed by atoms with E-state index in [9.17, 15) is 0 Å². The van der Waals surface area contributed by atoms with Gasteiger partial charge in [0.2, 0.25) is 0 Å². The van der Waals surface area contributed by atoms with Gasteiger partial charge in [-0.05, 0) is 57.9 Å². The van der Waals surface area contributed by atoms with Crippen LogP contribution in [0.3, 0.4) is 0 Å². The van der Waals surface area contributed by atoms with Gasteiger partial charge in [0.05, 0.1) is 0 Å². The molecule has 0 amide bonds. The fourth-order valence-electron chi connectivity index (χ4n) is 2.51. The first-order valence-corrected chi connectivity index (χ1v) is 7.15. The fraction of sp³-hybridized carbons (Fsp3) is 0.625. The summed E-state index contributed by atoms with van der Waals surface area (Å²) in [6.45, 7) is 6.36. The number of hydrogen-bond donors (Lipinski definition) is 1. The molecular formula is C16H26N2O. The average molecular weight is 262 g/mol. The van der Waals surface area contributed by atoms with E-state index in [0.29, 0.717) is 6.10 Å². The lowest BCUT2D eigenvalue weighted by Crippen LogP contribution is -2.35. The third-order valence-corrected chi connectivity index (χ3v) is 3.55. The Morgan fingerprint density at radius 3 is 2.32 bits per heavy atom. The number of hydrogen-bond acceptors (Lipinski definition) is 3. The Balaban J connectivity index is 1.88. The molecular weight excluding hydrogens is 236 g/mol.